The number of hydrogen-bond donors (Lipinski definition) is 1. The van der Waals surface area contributed by atoms with Gasteiger partial charge in [-0.15, -0.1) is 0 Å². The Hall–Kier alpha value is -1.67. The average Bonchev–Trinajstić information content (AvgIpc) is 2.46. The molecule has 0 aliphatic rings. The summed E-state index contributed by atoms with van der Waals surface area (Å²) in [4.78, 5) is 0. The number of halogens is 1. The fourth-order valence-corrected chi connectivity index (χ4v) is 2.15. The highest BCUT2D eigenvalue weighted by Gasteiger charge is 2.06. The van der Waals surface area contributed by atoms with Gasteiger partial charge in [0.15, 0.2) is 0 Å². The minimum atomic E-state index is -0.196. The van der Waals surface area contributed by atoms with Crippen LogP contribution in [0.5, 0.6) is 0 Å². The number of rotatable bonds is 5. The smallest absolute Gasteiger partial charge is 0.131 e. The van der Waals surface area contributed by atoms with Crippen LogP contribution in [0.1, 0.15) is 30.9 Å². The van der Waals surface area contributed by atoms with Crippen molar-refractivity contribution in [1.82, 2.24) is 0 Å². The molecule has 0 radical (unpaired) electrons. The summed E-state index contributed by atoms with van der Waals surface area (Å²) in [5.74, 6) is -0.196. The van der Waals surface area contributed by atoms with E-state index in [0.717, 1.165) is 17.5 Å². The van der Waals surface area contributed by atoms with E-state index in [-0.39, 0.29) is 5.82 Å². The van der Waals surface area contributed by atoms with Crippen molar-refractivity contribution in [2.24, 2.45) is 5.73 Å². The molecule has 0 fully saturated rings. The molecular weight excluding hydrogens is 237 g/mol. The van der Waals surface area contributed by atoms with Crippen molar-refractivity contribution in [3.05, 3.63) is 59.4 Å². The molecule has 2 N–H and O–H groups in total. The molecule has 2 heteroatoms. The molecule has 1 nitrogen and oxygen atoms in total. The first-order chi connectivity index (χ1) is 9.24. The van der Waals surface area contributed by atoms with E-state index in [4.69, 9.17) is 5.73 Å². The van der Waals surface area contributed by atoms with Gasteiger partial charge in [0.25, 0.3) is 0 Å². The Bertz CT molecular complexity index is 531. The van der Waals surface area contributed by atoms with Crippen LogP contribution in [0, 0.1) is 5.82 Å². The summed E-state index contributed by atoms with van der Waals surface area (Å²) >= 11 is 0. The van der Waals surface area contributed by atoms with Crippen LogP contribution in [-0.2, 0) is 13.0 Å². The van der Waals surface area contributed by atoms with E-state index in [1.165, 1.54) is 24.5 Å². The van der Waals surface area contributed by atoms with Crippen LogP contribution in [0.25, 0.3) is 11.1 Å². The zero-order valence-corrected chi connectivity index (χ0v) is 11.3. The van der Waals surface area contributed by atoms with Crippen molar-refractivity contribution in [2.75, 3.05) is 0 Å². The van der Waals surface area contributed by atoms with Crippen LogP contribution in [-0.4, -0.2) is 0 Å². The standard InChI is InChI=1S/C17H20FN/c1-2-3-4-13-5-8-15(9-6-13)16-11-14(12-19)7-10-17(16)18/h5-11H,2-4,12,19H2,1H3. The molecule has 0 spiro atoms. The maximum Gasteiger partial charge on any atom is 0.131 e. The molecule has 2 aromatic carbocycles. The van der Waals surface area contributed by atoms with Gasteiger partial charge in [-0.3, -0.25) is 0 Å². The van der Waals surface area contributed by atoms with Crippen molar-refractivity contribution in [3.63, 3.8) is 0 Å². The third-order valence-corrected chi connectivity index (χ3v) is 3.35. The SMILES string of the molecule is CCCCc1ccc(-c2cc(CN)ccc2F)cc1. The Morgan fingerprint density at radius 3 is 2.32 bits per heavy atom. The Kier molecular flexibility index (Phi) is 4.69. The van der Waals surface area contributed by atoms with Gasteiger partial charge < -0.3 is 5.73 Å². The maximum atomic E-state index is 13.9. The van der Waals surface area contributed by atoms with Crippen molar-refractivity contribution >= 4 is 0 Å². The van der Waals surface area contributed by atoms with Crippen LogP contribution in [0.15, 0.2) is 42.5 Å². The van der Waals surface area contributed by atoms with Gasteiger partial charge in [0, 0.05) is 12.1 Å². The third kappa shape index (κ3) is 3.42. The molecule has 19 heavy (non-hydrogen) atoms. The van der Waals surface area contributed by atoms with Gasteiger partial charge in [0.1, 0.15) is 5.82 Å². The fourth-order valence-electron chi connectivity index (χ4n) is 2.15. The summed E-state index contributed by atoms with van der Waals surface area (Å²) in [6.07, 6.45) is 3.47. The first kappa shape index (κ1) is 13.8. The second-order valence-corrected chi connectivity index (χ2v) is 4.82. The molecule has 0 aliphatic heterocycles. The van der Waals surface area contributed by atoms with E-state index in [0.29, 0.717) is 12.1 Å². The summed E-state index contributed by atoms with van der Waals surface area (Å²) in [5, 5.41) is 0. The van der Waals surface area contributed by atoms with Gasteiger partial charge in [-0.1, -0.05) is 43.7 Å². The lowest BCUT2D eigenvalue weighted by Gasteiger charge is -2.07. The van der Waals surface area contributed by atoms with Gasteiger partial charge in [0.2, 0.25) is 0 Å². The number of aryl methyl sites for hydroxylation is 1. The highest BCUT2D eigenvalue weighted by atomic mass is 19.1. The van der Waals surface area contributed by atoms with Crippen LogP contribution >= 0.6 is 0 Å². The number of hydrogen-bond acceptors (Lipinski definition) is 1. The predicted molar refractivity (Wildman–Crippen MR) is 78.3 cm³/mol. The minimum absolute atomic E-state index is 0.196. The third-order valence-electron chi connectivity index (χ3n) is 3.35. The van der Waals surface area contributed by atoms with Crippen LogP contribution in [0.2, 0.25) is 0 Å². The van der Waals surface area contributed by atoms with Gasteiger partial charge in [0.05, 0.1) is 0 Å². The first-order valence-corrected chi connectivity index (χ1v) is 6.82. The second kappa shape index (κ2) is 6.48. The highest BCUT2D eigenvalue weighted by Crippen LogP contribution is 2.24. The van der Waals surface area contributed by atoms with Crippen molar-refractivity contribution in [3.8, 4) is 11.1 Å². The molecule has 0 amide bonds. The molecule has 0 atom stereocenters. The molecule has 0 aliphatic carbocycles. The Balaban J connectivity index is 2.26. The predicted octanol–water partition coefficient (Wildman–Crippen LogP) is 4.29. The van der Waals surface area contributed by atoms with Gasteiger partial charge in [-0.25, -0.2) is 4.39 Å². The fraction of sp³-hybridized carbons (Fsp3) is 0.294. The van der Waals surface area contributed by atoms with Gasteiger partial charge in [-0.05, 0) is 41.7 Å². The van der Waals surface area contributed by atoms with E-state index in [1.807, 2.05) is 18.2 Å². The first-order valence-electron chi connectivity index (χ1n) is 6.82. The summed E-state index contributed by atoms with van der Waals surface area (Å²) in [6, 6.07) is 13.2. The number of benzene rings is 2. The molecule has 0 unspecified atom stereocenters. The molecular formula is C17H20FN. The van der Waals surface area contributed by atoms with Crippen molar-refractivity contribution in [2.45, 2.75) is 32.7 Å². The molecule has 0 bridgehead atoms. The number of unbranched alkanes of at least 4 members (excludes halogenated alkanes) is 1. The largest absolute Gasteiger partial charge is 0.326 e. The van der Waals surface area contributed by atoms with E-state index >= 15 is 0 Å². The van der Waals surface area contributed by atoms with E-state index in [1.54, 1.807) is 6.07 Å². The van der Waals surface area contributed by atoms with Gasteiger partial charge >= 0.3 is 0 Å². The monoisotopic (exact) mass is 257 g/mol. The normalized spacial score (nSPS) is 10.7. The zero-order valence-electron chi connectivity index (χ0n) is 11.3. The zero-order chi connectivity index (χ0) is 13.7. The van der Waals surface area contributed by atoms with Gasteiger partial charge in [-0.2, -0.15) is 0 Å². The molecule has 0 aromatic heterocycles. The Morgan fingerprint density at radius 1 is 1.00 bits per heavy atom. The van der Waals surface area contributed by atoms with Crippen molar-refractivity contribution < 1.29 is 4.39 Å². The lowest BCUT2D eigenvalue weighted by molar-refractivity contribution is 0.630. The topological polar surface area (TPSA) is 26.0 Å². The molecule has 2 rings (SSSR count). The van der Waals surface area contributed by atoms with Crippen LogP contribution in [0.4, 0.5) is 4.39 Å². The lowest BCUT2D eigenvalue weighted by atomic mass is 9.99. The summed E-state index contributed by atoms with van der Waals surface area (Å²) in [6.45, 7) is 2.62. The average molecular weight is 257 g/mol. The summed E-state index contributed by atoms with van der Waals surface area (Å²) < 4.78 is 13.9. The highest BCUT2D eigenvalue weighted by molar-refractivity contribution is 5.65. The van der Waals surface area contributed by atoms with Crippen LogP contribution in [0.3, 0.4) is 0 Å². The van der Waals surface area contributed by atoms with E-state index in [2.05, 4.69) is 19.1 Å². The molecule has 100 valence electrons. The van der Waals surface area contributed by atoms with E-state index in [9.17, 15) is 4.39 Å². The Labute approximate surface area is 114 Å². The lowest BCUT2D eigenvalue weighted by Crippen LogP contribution is -1.97. The maximum absolute atomic E-state index is 13.9. The van der Waals surface area contributed by atoms with Crippen LogP contribution < -0.4 is 5.73 Å². The minimum Gasteiger partial charge on any atom is -0.326 e. The summed E-state index contributed by atoms with van der Waals surface area (Å²) in [5.41, 5.74) is 9.40. The molecule has 2 aromatic rings. The molecule has 0 heterocycles. The molecule has 0 saturated heterocycles. The Morgan fingerprint density at radius 2 is 1.68 bits per heavy atom. The quantitative estimate of drug-likeness (QED) is 0.849. The summed E-state index contributed by atoms with van der Waals surface area (Å²) in [7, 11) is 0. The number of nitrogens with two attached hydrogens (primary N) is 1. The van der Waals surface area contributed by atoms with Crippen molar-refractivity contribution in [1.29, 1.82) is 0 Å². The second-order valence-electron chi connectivity index (χ2n) is 4.82. The van der Waals surface area contributed by atoms with E-state index < -0.39 is 0 Å². The molecule has 0 saturated carbocycles.